The lowest BCUT2D eigenvalue weighted by atomic mass is 9.97. The van der Waals surface area contributed by atoms with E-state index in [4.69, 9.17) is 11.6 Å². The van der Waals surface area contributed by atoms with Gasteiger partial charge in [0.2, 0.25) is 0 Å². The van der Waals surface area contributed by atoms with E-state index in [0.717, 1.165) is 22.2 Å². The highest BCUT2D eigenvalue weighted by molar-refractivity contribution is 6.30. The molecule has 4 rings (SSSR count). The van der Waals surface area contributed by atoms with Gasteiger partial charge in [-0.2, -0.15) is 0 Å². The van der Waals surface area contributed by atoms with Gasteiger partial charge in [0, 0.05) is 41.6 Å². The van der Waals surface area contributed by atoms with Gasteiger partial charge >= 0.3 is 6.03 Å². The highest BCUT2D eigenvalue weighted by Crippen LogP contribution is 2.25. The normalized spacial score (nSPS) is 10.8. The summed E-state index contributed by atoms with van der Waals surface area (Å²) in [5.41, 5.74) is 3.49. The number of aryl methyl sites for hydroxylation is 3. The molecule has 0 aliphatic heterocycles. The Morgan fingerprint density at radius 2 is 1.76 bits per heavy atom. The highest BCUT2D eigenvalue weighted by atomic mass is 35.5. The number of rotatable bonds is 3. The Hall–Kier alpha value is -4.04. The molecule has 0 saturated carbocycles. The molecule has 166 valence electrons. The summed E-state index contributed by atoms with van der Waals surface area (Å²) in [6, 6.07) is 10.9. The fourth-order valence-electron chi connectivity index (χ4n) is 3.48. The van der Waals surface area contributed by atoms with Crippen molar-refractivity contribution < 1.29 is 9.59 Å². The van der Waals surface area contributed by atoms with E-state index in [2.05, 4.69) is 20.6 Å². The standard InChI is InChI=1S/C24H20ClN5O3/c1-13-4-5-15(22(31)29-24(33)28-21-7-6-17(25)12-27-21)9-18(13)19-10-16-11-26-14(2)8-20(16)30(3)23(19)32/h4-12H,1-3H3,(H2,27,28,29,31,33). The summed E-state index contributed by atoms with van der Waals surface area (Å²) in [6.07, 6.45) is 3.10. The molecule has 0 bridgehead atoms. The van der Waals surface area contributed by atoms with Crippen molar-refractivity contribution >= 4 is 40.3 Å². The van der Waals surface area contributed by atoms with Crippen LogP contribution in [0.1, 0.15) is 21.6 Å². The van der Waals surface area contributed by atoms with Crippen LogP contribution in [0.3, 0.4) is 0 Å². The minimum atomic E-state index is -0.736. The minimum absolute atomic E-state index is 0.194. The second kappa shape index (κ2) is 8.84. The van der Waals surface area contributed by atoms with Gasteiger partial charge in [0.15, 0.2) is 0 Å². The summed E-state index contributed by atoms with van der Waals surface area (Å²) in [4.78, 5) is 46.3. The molecule has 0 unspecified atom stereocenters. The Kier molecular flexibility index (Phi) is 5.93. The van der Waals surface area contributed by atoms with Crippen molar-refractivity contribution in [3.8, 4) is 11.1 Å². The van der Waals surface area contributed by atoms with Gasteiger partial charge in [0.05, 0.1) is 10.5 Å². The Labute approximate surface area is 194 Å². The summed E-state index contributed by atoms with van der Waals surface area (Å²) < 4.78 is 1.57. The van der Waals surface area contributed by atoms with Crippen LogP contribution >= 0.6 is 11.6 Å². The molecule has 0 fully saturated rings. The Bertz CT molecular complexity index is 1460. The molecule has 2 N–H and O–H groups in total. The molecule has 0 aliphatic rings. The molecular formula is C24H20ClN5O3. The third kappa shape index (κ3) is 4.61. The summed E-state index contributed by atoms with van der Waals surface area (Å²) >= 11 is 5.78. The van der Waals surface area contributed by atoms with Crippen LogP contribution < -0.4 is 16.2 Å². The fourth-order valence-corrected chi connectivity index (χ4v) is 3.60. The zero-order chi connectivity index (χ0) is 23.7. The molecule has 0 aliphatic carbocycles. The fraction of sp³-hybridized carbons (Fsp3) is 0.125. The predicted octanol–water partition coefficient (Wildman–Crippen LogP) is 4.23. The van der Waals surface area contributed by atoms with Crippen LogP contribution in [0, 0.1) is 13.8 Å². The van der Waals surface area contributed by atoms with E-state index in [-0.39, 0.29) is 16.9 Å². The molecule has 1 aromatic carbocycles. The van der Waals surface area contributed by atoms with Crippen molar-refractivity contribution in [1.29, 1.82) is 0 Å². The number of halogens is 1. The van der Waals surface area contributed by atoms with Gasteiger partial charge in [-0.25, -0.2) is 9.78 Å². The molecule has 0 radical (unpaired) electrons. The number of fused-ring (bicyclic) bond motifs is 1. The first-order chi connectivity index (χ1) is 15.7. The Morgan fingerprint density at radius 3 is 2.48 bits per heavy atom. The average Bonchev–Trinajstić information content (AvgIpc) is 2.78. The molecule has 0 saturated heterocycles. The van der Waals surface area contributed by atoms with Crippen molar-refractivity contribution in [2.75, 3.05) is 5.32 Å². The molecule has 8 nitrogen and oxygen atoms in total. The Balaban J connectivity index is 1.64. The second-order valence-electron chi connectivity index (χ2n) is 7.61. The van der Waals surface area contributed by atoms with E-state index < -0.39 is 11.9 Å². The van der Waals surface area contributed by atoms with Gasteiger partial charge in [-0.3, -0.25) is 25.2 Å². The zero-order valence-electron chi connectivity index (χ0n) is 18.1. The van der Waals surface area contributed by atoms with Crippen LogP contribution in [0.5, 0.6) is 0 Å². The van der Waals surface area contributed by atoms with Gasteiger partial charge in [-0.05, 0) is 61.4 Å². The van der Waals surface area contributed by atoms with Crippen LogP contribution in [0.15, 0.2) is 59.7 Å². The molecule has 33 heavy (non-hydrogen) atoms. The first kappa shape index (κ1) is 22.2. The van der Waals surface area contributed by atoms with E-state index in [1.54, 1.807) is 48.1 Å². The third-order valence-corrected chi connectivity index (χ3v) is 5.45. The van der Waals surface area contributed by atoms with Crippen molar-refractivity contribution in [3.63, 3.8) is 0 Å². The van der Waals surface area contributed by atoms with Gasteiger partial charge in [-0.15, -0.1) is 0 Å². The van der Waals surface area contributed by atoms with Crippen LogP contribution in [-0.4, -0.2) is 26.5 Å². The summed E-state index contributed by atoms with van der Waals surface area (Å²) in [5, 5.41) is 5.96. The van der Waals surface area contributed by atoms with Crippen molar-refractivity contribution in [3.05, 3.63) is 87.1 Å². The number of amides is 3. The molecule has 4 aromatic rings. The highest BCUT2D eigenvalue weighted by Gasteiger charge is 2.16. The van der Waals surface area contributed by atoms with E-state index >= 15 is 0 Å². The first-order valence-corrected chi connectivity index (χ1v) is 10.4. The SMILES string of the molecule is Cc1cc2c(cn1)cc(-c1cc(C(=O)NC(=O)Nc3ccc(Cl)cn3)ccc1C)c(=O)n2C. The molecule has 3 heterocycles. The second-order valence-corrected chi connectivity index (χ2v) is 8.04. The lowest BCUT2D eigenvalue weighted by Gasteiger charge is -2.13. The summed E-state index contributed by atoms with van der Waals surface area (Å²) in [7, 11) is 1.70. The smallest absolute Gasteiger partial charge is 0.311 e. The number of anilines is 1. The topological polar surface area (TPSA) is 106 Å². The van der Waals surface area contributed by atoms with Crippen LogP contribution in [0.25, 0.3) is 22.0 Å². The monoisotopic (exact) mass is 461 g/mol. The number of urea groups is 1. The molecule has 3 aromatic heterocycles. The number of nitrogens with zero attached hydrogens (tertiary/aromatic N) is 3. The predicted molar refractivity (Wildman–Crippen MR) is 128 cm³/mol. The number of imide groups is 1. The molecular weight excluding hydrogens is 442 g/mol. The molecule has 0 spiro atoms. The van der Waals surface area contributed by atoms with Gasteiger partial charge in [0.1, 0.15) is 5.82 Å². The number of benzene rings is 1. The largest absolute Gasteiger partial charge is 0.327 e. The lowest BCUT2D eigenvalue weighted by molar-refractivity contribution is 0.0967. The Morgan fingerprint density at radius 1 is 0.970 bits per heavy atom. The maximum Gasteiger partial charge on any atom is 0.327 e. The van der Waals surface area contributed by atoms with E-state index in [1.807, 2.05) is 19.9 Å². The maximum absolute atomic E-state index is 13.1. The number of pyridine rings is 3. The molecule has 9 heteroatoms. The van der Waals surface area contributed by atoms with E-state index in [0.29, 0.717) is 16.1 Å². The molecule has 3 amide bonds. The van der Waals surface area contributed by atoms with Gasteiger partial charge in [0.25, 0.3) is 11.5 Å². The zero-order valence-corrected chi connectivity index (χ0v) is 18.9. The number of carbonyl (C=O) groups is 2. The summed E-state index contributed by atoms with van der Waals surface area (Å²) in [5.74, 6) is -0.365. The van der Waals surface area contributed by atoms with Crippen LogP contribution in [-0.2, 0) is 7.05 Å². The number of aromatic nitrogens is 3. The van der Waals surface area contributed by atoms with Crippen LogP contribution in [0.2, 0.25) is 5.02 Å². The third-order valence-electron chi connectivity index (χ3n) is 5.23. The average molecular weight is 462 g/mol. The van der Waals surface area contributed by atoms with Gasteiger partial charge in [-0.1, -0.05) is 17.7 Å². The van der Waals surface area contributed by atoms with Crippen molar-refractivity contribution in [1.82, 2.24) is 19.9 Å². The number of nitrogens with one attached hydrogen (secondary N) is 2. The quantitative estimate of drug-likeness (QED) is 0.475. The lowest BCUT2D eigenvalue weighted by Crippen LogP contribution is -2.34. The minimum Gasteiger partial charge on any atom is -0.311 e. The number of hydrogen-bond donors (Lipinski definition) is 2. The summed E-state index contributed by atoms with van der Waals surface area (Å²) in [6.45, 7) is 3.72. The number of carbonyl (C=O) groups excluding carboxylic acids is 2. The maximum atomic E-state index is 13.1. The molecule has 0 atom stereocenters. The number of hydrogen-bond acceptors (Lipinski definition) is 5. The van der Waals surface area contributed by atoms with E-state index in [9.17, 15) is 14.4 Å². The van der Waals surface area contributed by atoms with E-state index in [1.165, 1.54) is 12.3 Å². The van der Waals surface area contributed by atoms with Crippen molar-refractivity contribution in [2.45, 2.75) is 13.8 Å². The van der Waals surface area contributed by atoms with Gasteiger partial charge < -0.3 is 4.57 Å². The first-order valence-electron chi connectivity index (χ1n) is 10.0. The van der Waals surface area contributed by atoms with Crippen molar-refractivity contribution in [2.24, 2.45) is 7.05 Å². The van der Waals surface area contributed by atoms with Crippen LogP contribution in [0.4, 0.5) is 10.6 Å².